The van der Waals surface area contributed by atoms with Gasteiger partial charge in [0.2, 0.25) is 0 Å². The van der Waals surface area contributed by atoms with Gasteiger partial charge in [-0.15, -0.1) is 0 Å². The third-order valence-electron chi connectivity index (χ3n) is 6.43. The number of allylic oxidation sites excluding steroid dienone is 1. The highest BCUT2D eigenvalue weighted by atomic mass is 79.9. The SMILES string of the molecule is CCCCCCCCCCCCCCCCOc1ccc(/C=C/C(=O)c2ccc(OCBr)cc2)cc1. The molecule has 4 heteroatoms. The summed E-state index contributed by atoms with van der Waals surface area (Å²) in [6, 6.07) is 15.1. The highest BCUT2D eigenvalue weighted by Gasteiger charge is 2.02. The zero-order valence-electron chi connectivity index (χ0n) is 22.2. The molecule has 0 unspecified atom stereocenters. The van der Waals surface area contributed by atoms with E-state index in [1.54, 1.807) is 30.3 Å². The topological polar surface area (TPSA) is 35.5 Å². The van der Waals surface area contributed by atoms with Crippen molar-refractivity contribution < 1.29 is 14.3 Å². The van der Waals surface area contributed by atoms with Gasteiger partial charge in [0.15, 0.2) is 5.78 Å². The molecule has 0 spiro atoms. The second-order valence-electron chi connectivity index (χ2n) is 9.49. The first-order chi connectivity index (χ1) is 17.7. The summed E-state index contributed by atoms with van der Waals surface area (Å²) in [4.78, 5) is 12.4. The van der Waals surface area contributed by atoms with E-state index in [-0.39, 0.29) is 5.78 Å². The summed E-state index contributed by atoms with van der Waals surface area (Å²) < 4.78 is 11.2. The van der Waals surface area contributed by atoms with E-state index in [0.717, 1.165) is 30.1 Å². The van der Waals surface area contributed by atoms with E-state index in [9.17, 15) is 4.79 Å². The lowest BCUT2D eigenvalue weighted by Crippen LogP contribution is -1.97. The molecule has 2 rings (SSSR count). The van der Waals surface area contributed by atoms with Crippen molar-refractivity contribution in [2.75, 3.05) is 12.1 Å². The highest BCUT2D eigenvalue weighted by Crippen LogP contribution is 2.17. The number of unbranched alkanes of at least 4 members (excludes halogenated alkanes) is 13. The van der Waals surface area contributed by atoms with Gasteiger partial charge in [-0.05, 0) is 70.4 Å². The molecule has 3 nitrogen and oxygen atoms in total. The summed E-state index contributed by atoms with van der Waals surface area (Å²) in [6.45, 7) is 3.04. The number of ketones is 1. The number of ether oxygens (including phenoxy) is 2. The largest absolute Gasteiger partial charge is 0.494 e. The van der Waals surface area contributed by atoms with Gasteiger partial charge in [0, 0.05) is 5.56 Å². The smallest absolute Gasteiger partial charge is 0.185 e. The second kappa shape index (κ2) is 20.0. The van der Waals surface area contributed by atoms with Crippen LogP contribution in [0, 0.1) is 0 Å². The van der Waals surface area contributed by atoms with Crippen LogP contribution < -0.4 is 9.47 Å². The normalized spacial score (nSPS) is 11.2. The molecule has 0 aliphatic carbocycles. The van der Waals surface area contributed by atoms with Crippen molar-refractivity contribution in [1.29, 1.82) is 0 Å². The van der Waals surface area contributed by atoms with Crippen LogP contribution in [0.15, 0.2) is 54.6 Å². The summed E-state index contributed by atoms with van der Waals surface area (Å²) in [7, 11) is 0. The van der Waals surface area contributed by atoms with Gasteiger partial charge >= 0.3 is 0 Å². The lowest BCUT2D eigenvalue weighted by Gasteiger charge is -2.07. The van der Waals surface area contributed by atoms with E-state index in [1.165, 1.54) is 83.5 Å². The molecule has 0 fully saturated rings. The first-order valence-corrected chi connectivity index (χ1v) is 15.1. The number of hydrogen-bond donors (Lipinski definition) is 0. The summed E-state index contributed by atoms with van der Waals surface area (Å²) in [5, 5.41) is 0. The summed E-state index contributed by atoms with van der Waals surface area (Å²) in [5.74, 6) is 1.59. The van der Waals surface area contributed by atoms with Crippen molar-refractivity contribution in [3.63, 3.8) is 0 Å². The van der Waals surface area contributed by atoms with Crippen molar-refractivity contribution in [2.45, 2.75) is 96.8 Å². The Morgan fingerprint density at radius 2 is 1.14 bits per heavy atom. The van der Waals surface area contributed by atoms with Crippen molar-refractivity contribution in [2.24, 2.45) is 0 Å². The zero-order valence-corrected chi connectivity index (χ0v) is 23.8. The standard InChI is InChI=1S/C32H45BrO3/c1-2-3-4-5-6-7-8-9-10-11-12-13-14-15-26-35-30-21-16-28(17-22-30)18-25-32(34)29-19-23-31(24-20-29)36-27-33/h16-25H,2-15,26-27H2,1H3/b25-18+. The maximum absolute atomic E-state index is 12.4. The van der Waals surface area contributed by atoms with Crippen LogP contribution in [-0.2, 0) is 0 Å². The molecule has 0 saturated carbocycles. The fourth-order valence-electron chi connectivity index (χ4n) is 4.21. The predicted molar refractivity (Wildman–Crippen MR) is 156 cm³/mol. The highest BCUT2D eigenvalue weighted by molar-refractivity contribution is 9.09. The van der Waals surface area contributed by atoms with Gasteiger partial charge in [0.25, 0.3) is 0 Å². The molecule has 36 heavy (non-hydrogen) atoms. The van der Waals surface area contributed by atoms with Crippen LogP contribution in [0.5, 0.6) is 11.5 Å². The van der Waals surface area contributed by atoms with E-state index >= 15 is 0 Å². The molecule has 2 aromatic rings. The molecule has 0 aliphatic rings. The van der Waals surface area contributed by atoms with Gasteiger partial charge in [-0.2, -0.15) is 0 Å². The number of alkyl halides is 1. The fraction of sp³-hybridized carbons (Fsp3) is 0.531. The average Bonchev–Trinajstić information content (AvgIpc) is 2.91. The Hall–Kier alpha value is -2.07. The minimum atomic E-state index is -0.0291. The molecule has 0 heterocycles. The number of carbonyl (C=O) groups is 1. The first-order valence-electron chi connectivity index (χ1n) is 14.0. The number of benzene rings is 2. The van der Waals surface area contributed by atoms with Crippen molar-refractivity contribution in [3.05, 3.63) is 65.7 Å². The fourth-order valence-corrected chi connectivity index (χ4v) is 4.47. The Bertz CT molecular complexity index is 843. The third kappa shape index (κ3) is 13.9. The zero-order chi connectivity index (χ0) is 25.7. The quantitative estimate of drug-likeness (QED) is 0.0663. The van der Waals surface area contributed by atoms with Gasteiger partial charge in [0.05, 0.1) is 6.61 Å². The van der Waals surface area contributed by atoms with Gasteiger partial charge in [-0.25, -0.2) is 0 Å². The lowest BCUT2D eigenvalue weighted by molar-refractivity contribution is 0.104. The Labute approximate surface area is 227 Å². The van der Waals surface area contributed by atoms with Crippen LogP contribution in [0.3, 0.4) is 0 Å². The molecule has 0 bridgehead atoms. The lowest BCUT2D eigenvalue weighted by atomic mass is 10.0. The van der Waals surface area contributed by atoms with E-state index in [4.69, 9.17) is 9.47 Å². The molecule has 0 radical (unpaired) electrons. The number of hydrogen-bond acceptors (Lipinski definition) is 3. The number of carbonyl (C=O) groups excluding carboxylic acids is 1. The molecule has 0 aromatic heterocycles. The minimum Gasteiger partial charge on any atom is -0.494 e. The van der Waals surface area contributed by atoms with Crippen molar-refractivity contribution in [3.8, 4) is 11.5 Å². The third-order valence-corrected chi connectivity index (χ3v) is 6.66. The molecule has 0 N–H and O–H groups in total. The molecule has 198 valence electrons. The van der Waals surface area contributed by atoms with Crippen LogP contribution in [0.4, 0.5) is 0 Å². The van der Waals surface area contributed by atoms with Crippen molar-refractivity contribution >= 4 is 27.8 Å². The molecule has 0 aliphatic heterocycles. The molecule has 0 amide bonds. The Morgan fingerprint density at radius 3 is 1.67 bits per heavy atom. The summed E-state index contributed by atoms with van der Waals surface area (Å²) >= 11 is 3.22. The first kappa shape index (κ1) is 30.2. The molecule has 2 aromatic carbocycles. The van der Waals surface area contributed by atoms with E-state index in [1.807, 2.05) is 30.3 Å². The Morgan fingerprint density at radius 1 is 0.667 bits per heavy atom. The maximum Gasteiger partial charge on any atom is 0.185 e. The molecule has 0 saturated heterocycles. The van der Waals surface area contributed by atoms with Crippen LogP contribution in [0.2, 0.25) is 0 Å². The maximum atomic E-state index is 12.4. The van der Waals surface area contributed by atoms with Crippen molar-refractivity contribution in [1.82, 2.24) is 0 Å². The molecular weight excluding hydrogens is 512 g/mol. The van der Waals surface area contributed by atoms with E-state index < -0.39 is 0 Å². The number of halogens is 1. The summed E-state index contributed by atoms with van der Waals surface area (Å²) in [6.07, 6.45) is 22.5. The van der Waals surface area contributed by atoms with E-state index in [2.05, 4.69) is 22.9 Å². The molecule has 0 atom stereocenters. The van der Waals surface area contributed by atoms with Gasteiger partial charge in [-0.1, -0.05) is 109 Å². The van der Waals surface area contributed by atoms with Gasteiger partial charge in [-0.3, -0.25) is 4.79 Å². The van der Waals surface area contributed by atoms with Crippen LogP contribution in [0.1, 0.15) is 113 Å². The van der Waals surface area contributed by atoms with Crippen LogP contribution in [0.25, 0.3) is 6.08 Å². The molecular formula is C32H45BrO3. The van der Waals surface area contributed by atoms with Gasteiger partial charge < -0.3 is 9.47 Å². The number of rotatable bonds is 21. The van der Waals surface area contributed by atoms with Gasteiger partial charge in [0.1, 0.15) is 17.0 Å². The Balaban J connectivity index is 1.49. The Kier molecular flexibility index (Phi) is 16.8. The minimum absolute atomic E-state index is 0.0291. The second-order valence-corrected chi connectivity index (χ2v) is 9.95. The van der Waals surface area contributed by atoms with Crippen LogP contribution in [-0.4, -0.2) is 17.9 Å². The average molecular weight is 558 g/mol. The van der Waals surface area contributed by atoms with E-state index in [0.29, 0.717) is 11.1 Å². The predicted octanol–water partition coefficient (Wildman–Crippen LogP) is 10.2. The monoisotopic (exact) mass is 556 g/mol. The summed E-state index contributed by atoms with van der Waals surface area (Å²) in [5.41, 5.74) is 2.05. The van der Waals surface area contributed by atoms with Crippen LogP contribution >= 0.6 is 15.9 Å².